The molecule has 0 bridgehead atoms. The Morgan fingerprint density at radius 2 is 1.60 bits per heavy atom. The van der Waals surface area contributed by atoms with Gasteiger partial charge in [-0.15, -0.1) is 0 Å². The maximum atomic E-state index is 14.7. The number of phenolic OH excluding ortho intramolecular Hbond substituents is 3. The highest BCUT2D eigenvalue weighted by Crippen LogP contribution is 2.58. The Morgan fingerprint density at radius 1 is 0.953 bits per heavy atom. The van der Waals surface area contributed by atoms with Crippen molar-refractivity contribution in [3.8, 4) is 23.0 Å². The van der Waals surface area contributed by atoms with Gasteiger partial charge in [-0.05, 0) is 94.9 Å². The molecule has 3 aliphatic rings. The van der Waals surface area contributed by atoms with Crippen molar-refractivity contribution in [1.82, 2.24) is 0 Å². The van der Waals surface area contributed by atoms with E-state index in [4.69, 9.17) is 9.47 Å². The second kappa shape index (κ2) is 10.3. The lowest BCUT2D eigenvalue weighted by Crippen LogP contribution is -2.67. The van der Waals surface area contributed by atoms with E-state index in [1.807, 2.05) is 0 Å². The topological polar surface area (TPSA) is 151 Å². The van der Waals surface area contributed by atoms with Crippen LogP contribution in [0.5, 0.6) is 23.0 Å². The maximum Gasteiger partial charge on any atom is 0.231 e. The molecule has 0 amide bonds. The molecule has 2 aromatic rings. The van der Waals surface area contributed by atoms with Crippen molar-refractivity contribution in [2.24, 2.45) is 11.3 Å². The van der Waals surface area contributed by atoms with Crippen LogP contribution < -0.4 is 4.74 Å². The van der Waals surface area contributed by atoms with E-state index in [2.05, 4.69) is 0 Å². The Hall–Kier alpha value is -4.11. The molecule has 2 aliphatic heterocycles. The van der Waals surface area contributed by atoms with Crippen molar-refractivity contribution in [2.45, 2.75) is 79.9 Å². The largest absolute Gasteiger partial charge is 0.508 e. The fourth-order valence-electron chi connectivity index (χ4n) is 6.97. The van der Waals surface area contributed by atoms with Gasteiger partial charge in [0, 0.05) is 41.5 Å². The van der Waals surface area contributed by atoms with Gasteiger partial charge in [-0.1, -0.05) is 0 Å². The molecule has 3 atom stereocenters. The summed E-state index contributed by atoms with van der Waals surface area (Å²) in [7, 11) is 0. The lowest BCUT2D eigenvalue weighted by atomic mass is 9.57. The van der Waals surface area contributed by atoms with Crippen LogP contribution in [0.4, 0.5) is 0 Å². The van der Waals surface area contributed by atoms with Gasteiger partial charge in [0.05, 0.1) is 11.7 Å². The Kier molecular flexibility index (Phi) is 7.24. The van der Waals surface area contributed by atoms with Crippen molar-refractivity contribution >= 4 is 17.3 Å². The minimum atomic E-state index is -2.07. The Labute approximate surface area is 250 Å². The molecule has 4 N–H and O–H groups in total. The Morgan fingerprint density at radius 3 is 2.23 bits per heavy atom. The molecule has 0 fully saturated rings. The first kappa shape index (κ1) is 30.4. The monoisotopic (exact) mass is 590 g/mol. The third-order valence-corrected chi connectivity index (χ3v) is 9.47. The van der Waals surface area contributed by atoms with Crippen molar-refractivity contribution in [1.29, 1.82) is 0 Å². The van der Waals surface area contributed by atoms with E-state index in [1.165, 1.54) is 19.9 Å². The number of aliphatic hydroxyl groups is 1. The molecular formula is C34H38O9. The zero-order chi connectivity index (χ0) is 31.8. The molecule has 43 heavy (non-hydrogen) atoms. The Bertz CT molecular complexity index is 1680. The fourth-order valence-corrected chi connectivity index (χ4v) is 6.97. The molecule has 228 valence electrons. The smallest absolute Gasteiger partial charge is 0.231 e. The van der Waals surface area contributed by atoms with Crippen molar-refractivity contribution in [2.75, 3.05) is 6.61 Å². The standard InChI is InChI=1S/C34H38O9/c1-15(35)8-21-11-28(37)19(5)31-26(21)13-33(7)32(40)25(23-10-17(3)42-14-27(23)34(33,41)43-31)12-24-22(9-16(2)36)18(4)29(38)20(6)30(24)39/h10-11,27,37-39,41H,8-9,12-14H2,1-7H3/t27-,33+,34-/m1/s1. The van der Waals surface area contributed by atoms with Gasteiger partial charge in [0.2, 0.25) is 5.79 Å². The number of aromatic hydroxyl groups is 3. The normalized spacial score (nSPS) is 24.3. The van der Waals surface area contributed by atoms with Crippen LogP contribution in [-0.4, -0.2) is 50.2 Å². The molecule has 2 heterocycles. The average molecular weight is 591 g/mol. The van der Waals surface area contributed by atoms with Crippen molar-refractivity contribution in [3.05, 3.63) is 68.0 Å². The Balaban J connectivity index is 1.75. The molecule has 0 spiro atoms. The minimum Gasteiger partial charge on any atom is -0.508 e. The van der Waals surface area contributed by atoms with Crippen LogP contribution in [0.1, 0.15) is 66.6 Å². The number of hydrogen-bond donors (Lipinski definition) is 4. The van der Waals surface area contributed by atoms with Gasteiger partial charge >= 0.3 is 0 Å². The first-order valence-corrected chi connectivity index (χ1v) is 14.4. The number of ether oxygens (including phenoxy) is 2. The second-order valence-electron chi connectivity index (χ2n) is 12.5. The van der Waals surface area contributed by atoms with Gasteiger partial charge in [-0.2, -0.15) is 0 Å². The van der Waals surface area contributed by atoms with E-state index in [-0.39, 0.29) is 72.4 Å². The third kappa shape index (κ3) is 4.52. The summed E-state index contributed by atoms with van der Waals surface area (Å²) in [4.78, 5) is 39.1. The molecule has 1 aliphatic carbocycles. The van der Waals surface area contributed by atoms with E-state index in [1.54, 1.807) is 40.7 Å². The van der Waals surface area contributed by atoms with Crippen LogP contribution in [0, 0.1) is 32.1 Å². The molecule has 5 rings (SSSR count). The number of hydrogen-bond acceptors (Lipinski definition) is 9. The van der Waals surface area contributed by atoms with Crippen molar-refractivity contribution in [3.63, 3.8) is 0 Å². The summed E-state index contributed by atoms with van der Waals surface area (Å²) in [6, 6.07) is 1.51. The number of ketones is 3. The molecule has 9 heteroatoms. The van der Waals surface area contributed by atoms with E-state index in [0.717, 1.165) is 0 Å². The van der Waals surface area contributed by atoms with Crippen LogP contribution in [0.25, 0.3) is 0 Å². The van der Waals surface area contributed by atoms with Gasteiger partial charge < -0.3 is 29.9 Å². The lowest BCUT2D eigenvalue weighted by Gasteiger charge is -2.55. The summed E-state index contributed by atoms with van der Waals surface area (Å²) in [5, 5.41) is 45.0. The number of phenols is 3. The highest BCUT2D eigenvalue weighted by Gasteiger charge is 2.66. The van der Waals surface area contributed by atoms with Crippen LogP contribution in [0.2, 0.25) is 0 Å². The van der Waals surface area contributed by atoms with Crippen LogP contribution in [0.15, 0.2) is 29.0 Å². The number of Topliss-reactive ketones (excluding diaryl/α,β-unsaturated/α-hetero) is 3. The summed E-state index contributed by atoms with van der Waals surface area (Å²) < 4.78 is 12.2. The van der Waals surface area contributed by atoms with E-state index in [0.29, 0.717) is 50.3 Å². The average Bonchev–Trinajstić information content (AvgIpc) is 2.93. The molecule has 0 radical (unpaired) electrons. The van der Waals surface area contributed by atoms with Gasteiger partial charge in [0.1, 0.15) is 46.6 Å². The fraction of sp³-hybridized carbons (Fsp3) is 0.441. The second-order valence-corrected chi connectivity index (χ2v) is 12.5. The number of allylic oxidation sites excluding steroid dienone is 3. The van der Waals surface area contributed by atoms with Gasteiger partial charge in [0.25, 0.3) is 0 Å². The first-order chi connectivity index (χ1) is 20.0. The first-order valence-electron chi connectivity index (χ1n) is 14.4. The molecule has 0 saturated heterocycles. The zero-order valence-electron chi connectivity index (χ0n) is 25.6. The van der Waals surface area contributed by atoms with E-state index >= 15 is 0 Å². The molecule has 0 aromatic heterocycles. The van der Waals surface area contributed by atoms with Crippen LogP contribution in [0.3, 0.4) is 0 Å². The summed E-state index contributed by atoms with van der Waals surface area (Å²) in [5.41, 5.74) is 2.25. The SMILES string of the molecule is CC(=O)Cc1cc(O)c(C)c2c1C[C@@]1(C)C(=O)C(Cc3c(O)c(C)c(O)c(C)c3CC(C)=O)=C3C=C(C)OC[C@H]3[C@@]1(O)O2. The third-order valence-electron chi connectivity index (χ3n) is 9.47. The maximum absolute atomic E-state index is 14.7. The molecule has 9 nitrogen and oxygen atoms in total. The van der Waals surface area contributed by atoms with E-state index < -0.39 is 22.9 Å². The summed E-state index contributed by atoms with van der Waals surface area (Å²) in [6.07, 6.45) is 1.63. The highest BCUT2D eigenvalue weighted by atomic mass is 16.6. The summed E-state index contributed by atoms with van der Waals surface area (Å²) >= 11 is 0. The van der Waals surface area contributed by atoms with Gasteiger partial charge in [-0.25, -0.2) is 0 Å². The molecular weight excluding hydrogens is 552 g/mol. The zero-order valence-corrected chi connectivity index (χ0v) is 25.6. The number of carbonyl (C=O) groups is 3. The quantitative estimate of drug-likeness (QED) is 0.386. The van der Waals surface area contributed by atoms with Crippen molar-refractivity contribution < 1.29 is 44.3 Å². The number of fused-ring (bicyclic) bond motifs is 4. The number of benzene rings is 2. The van der Waals surface area contributed by atoms with E-state index in [9.17, 15) is 34.8 Å². The van der Waals surface area contributed by atoms with Gasteiger partial charge in [-0.3, -0.25) is 14.4 Å². The number of carbonyl (C=O) groups excluding carboxylic acids is 3. The predicted molar refractivity (Wildman–Crippen MR) is 157 cm³/mol. The number of rotatable bonds is 6. The van der Waals surface area contributed by atoms with Crippen LogP contribution >= 0.6 is 0 Å². The summed E-state index contributed by atoms with van der Waals surface area (Å²) in [6.45, 7) is 11.1. The van der Waals surface area contributed by atoms with Crippen LogP contribution in [-0.2, 0) is 44.8 Å². The lowest BCUT2D eigenvalue weighted by molar-refractivity contribution is -0.255. The molecule has 0 saturated carbocycles. The minimum absolute atomic E-state index is 0.00789. The van der Waals surface area contributed by atoms with Gasteiger partial charge in [0.15, 0.2) is 5.78 Å². The molecule has 2 aromatic carbocycles. The molecule has 0 unspecified atom stereocenters. The highest BCUT2D eigenvalue weighted by molar-refractivity contribution is 6.04. The predicted octanol–water partition coefficient (Wildman–Crippen LogP) is 4.29. The summed E-state index contributed by atoms with van der Waals surface area (Å²) in [5.74, 6) is -3.22.